The highest BCUT2D eigenvalue weighted by molar-refractivity contribution is 5.71. The molecule has 1 aromatic carbocycles. The van der Waals surface area contributed by atoms with Crippen LogP contribution in [0.4, 0.5) is 0 Å². The number of benzene rings is 1. The monoisotopic (exact) mass is 247 g/mol. The van der Waals surface area contributed by atoms with Gasteiger partial charge >= 0.3 is 11.7 Å². The number of nitrogens with one attached hydrogen (secondary N) is 1. The van der Waals surface area contributed by atoms with Crippen LogP contribution in [0.5, 0.6) is 0 Å². The van der Waals surface area contributed by atoms with E-state index in [-0.39, 0.29) is 0 Å². The second kappa shape index (κ2) is 4.87. The van der Waals surface area contributed by atoms with Crippen molar-refractivity contribution >= 4 is 5.97 Å². The standard InChI is InChI=1S/C12H13N3O3/c1-8(11(16)17)15-10(13-14-12(15)18)7-9-5-3-2-4-6-9/h2-6,8H,7H2,1H3,(H,14,18)(H,16,17)/t8-/m0/s1. The first-order chi connectivity index (χ1) is 8.59. The molecule has 0 spiro atoms. The number of hydrogen-bond acceptors (Lipinski definition) is 3. The minimum Gasteiger partial charge on any atom is -0.480 e. The molecule has 0 saturated carbocycles. The molecule has 1 atom stereocenters. The van der Waals surface area contributed by atoms with Gasteiger partial charge in [0.15, 0.2) is 0 Å². The molecular weight excluding hydrogens is 234 g/mol. The fourth-order valence-electron chi connectivity index (χ4n) is 1.75. The number of aromatic nitrogens is 3. The van der Waals surface area contributed by atoms with Gasteiger partial charge in [-0.15, -0.1) is 0 Å². The lowest BCUT2D eigenvalue weighted by Crippen LogP contribution is -2.27. The summed E-state index contributed by atoms with van der Waals surface area (Å²) in [5.74, 6) is -0.645. The molecule has 2 rings (SSSR count). The van der Waals surface area contributed by atoms with Gasteiger partial charge in [-0.25, -0.2) is 14.7 Å². The molecule has 0 saturated heterocycles. The first-order valence-corrected chi connectivity index (χ1v) is 5.52. The van der Waals surface area contributed by atoms with Crippen molar-refractivity contribution < 1.29 is 9.90 Å². The Bertz CT molecular complexity index is 601. The maximum absolute atomic E-state index is 11.6. The Kier molecular flexibility index (Phi) is 3.27. The molecule has 2 N–H and O–H groups in total. The van der Waals surface area contributed by atoms with Crippen LogP contribution in [0.3, 0.4) is 0 Å². The minimum absolute atomic E-state index is 0.414. The summed E-state index contributed by atoms with van der Waals surface area (Å²) in [7, 11) is 0. The van der Waals surface area contributed by atoms with E-state index in [9.17, 15) is 9.59 Å². The van der Waals surface area contributed by atoms with Crippen LogP contribution in [-0.2, 0) is 11.2 Å². The molecule has 0 unspecified atom stereocenters. The summed E-state index contributed by atoms with van der Waals surface area (Å²) < 4.78 is 1.16. The Balaban J connectivity index is 2.35. The van der Waals surface area contributed by atoms with Crippen molar-refractivity contribution in [3.63, 3.8) is 0 Å². The van der Waals surface area contributed by atoms with E-state index in [0.717, 1.165) is 10.1 Å². The molecule has 0 aliphatic carbocycles. The van der Waals surface area contributed by atoms with Crippen LogP contribution >= 0.6 is 0 Å². The van der Waals surface area contributed by atoms with E-state index in [1.807, 2.05) is 30.3 Å². The zero-order chi connectivity index (χ0) is 13.1. The fourth-order valence-corrected chi connectivity index (χ4v) is 1.75. The molecule has 6 nitrogen and oxygen atoms in total. The Morgan fingerprint density at radius 1 is 1.44 bits per heavy atom. The maximum atomic E-state index is 11.6. The highest BCUT2D eigenvalue weighted by Crippen LogP contribution is 2.10. The average Bonchev–Trinajstić information content (AvgIpc) is 2.71. The number of carbonyl (C=O) groups is 1. The van der Waals surface area contributed by atoms with Gasteiger partial charge in [-0.05, 0) is 12.5 Å². The van der Waals surface area contributed by atoms with Gasteiger partial charge in [0.05, 0.1) is 0 Å². The maximum Gasteiger partial charge on any atom is 0.344 e. The summed E-state index contributed by atoms with van der Waals surface area (Å²) in [5.41, 5.74) is 0.464. The largest absolute Gasteiger partial charge is 0.480 e. The summed E-state index contributed by atoms with van der Waals surface area (Å²) in [6.07, 6.45) is 0.414. The first kappa shape index (κ1) is 12.1. The van der Waals surface area contributed by atoms with E-state index in [4.69, 9.17) is 5.11 Å². The van der Waals surface area contributed by atoms with Crippen LogP contribution in [-0.4, -0.2) is 25.8 Å². The summed E-state index contributed by atoms with van der Waals surface area (Å²) >= 11 is 0. The van der Waals surface area contributed by atoms with Gasteiger partial charge in [-0.1, -0.05) is 30.3 Å². The molecular formula is C12H13N3O3. The van der Waals surface area contributed by atoms with Crippen molar-refractivity contribution in [2.45, 2.75) is 19.4 Å². The predicted molar refractivity (Wildman–Crippen MR) is 64.4 cm³/mol. The van der Waals surface area contributed by atoms with E-state index < -0.39 is 17.7 Å². The van der Waals surface area contributed by atoms with Crippen LogP contribution in [0.1, 0.15) is 24.4 Å². The van der Waals surface area contributed by atoms with Crippen molar-refractivity contribution in [2.75, 3.05) is 0 Å². The third-order valence-corrected chi connectivity index (χ3v) is 2.73. The summed E-state index contributed by atoms with van der Waals surface area (Å²) in [4.78, 5) is 22.5. The molecule has 0 aliphatic heterocycles. The third-order valence-electron chi connectivity index (χ3n) is 2.73. The van der Waals surface area contributed by atoms with Gasteiger partial charge in [0.25, 0.3) is 0 Å². The Morgan fingerprint density at radius 3 is 2.72 bits per heavy atom. The van der Waals surface area contributed by atoms with E-state index >= 15 is 0 Å². The number of aromatic amines is 1. The second-order valence-electron chi connectivity index (χ2n) is 3.99. The van der Waals surface area contributed by atoms with Crippen LogP contribution in [0, 0.1) is 0 Å². The van der Waals surface area contributed by atoms with E-state index in [1.165, 1.54) is 6.92 Å². The highest BCUT2D eigenvalue weighted by Gasteiger charge is 2.20. The van der Waals surface area contributed by atoms with Crippen molar-refractivity contribution in [3.8, 4) is 0 Å². The molecule has 0 bridgehead atoms. The van der Waals surface area contributed by atoms with Crippen molar-refractivity contribution in [1.29, 1.82) is 0 Å². The lowest BCUT2D eigenvalue weighted by Gasteiger charge is -2.09. The number of H-pyrrole nitrogens is 1. The molecule has 2 aromatic rings. The van der Waals surface area contributed by atoms with Crippen molar-refractivity contribution in [3.05, 3.63) is 52.2 Å². The van der Waals surface area contributed by atoms with Crippen LogP contribution in [0.25, 0.3) is 0 Å². The lowest BCUT2D eigenvalue weighted by atomic mass is 10.1. The van der Waals surface area contributed by atoms with Crippen LogP contribution < -0.4 is 5.69 Å². The first-order valence-electron chi connectivity index (χ1n) is 5.52. The normalized spacial score (nSPS) is 12.3. The molecule has 0 amide bonds. The van der Waals surface area contributed by atoms with Gasteiger partial charge in [-0.3, -0.25) is 4.57 Å². The van der Waals surface area contributed by atoms with Gasteiger partial charge in [-0.2, -0.15) is 5.10 Å². The van der Waals surface area contributed by atoms with Gasteiger partial charge in [0, 0.05) is 6.42 Å². The Labute approximate surface area is 103 Å². The molecule has 0 radical (unpaired) electrons. The molecule has 18 heavy (non-hydrogen) atoms. The average molecular weight is 247 g/mol. The number of aliphatic carboxylic acids is 1. The van der Waals surface area contributed by atoms with Crippen molar-refractivity contribution in [2.24, 2.45) is 0 Å². The Hall–Kier alpha value is -2.37. The van der Waals surface area contributed by atoms with Crippen molar-refractivity contribution in [1.82, 2.24) is 14.8 Å². The summed E-state index contributed by atoms with van der Waals surface area (Å²) in [6.45, 7) is 1.45. The van der Waals surface area contributed by atoms with Gasteiger partial charge in [0.1, 0.15) is 11.9 Å². The molecule has 94 valence electrons. The quantitative estimate of drug-likeness (QED) is 0.836. The number of rotatable bonds is 4. The highest BCUT2D eigenvalue weighted by atomic mass is 16.4. The number of carboxylic acid groups (broad SMARTS) is 1. The SMILES string of the molecule is C[C@@H](C(=O)O)n1c(Cc2ccccc2)n[nH]c1=O. The van der Waals surface area contributed by atoms with E-state index in [1.54, 1.807) is 0 Å². The predicted octanol–water partition coefficient (Wildman–Crippen LogP) is 0.808. The van der Waals surface area contributed by atoms with Gasteiger partial charge < -0.3 is 5.11 Å². The zero-order valence-corrected chi connectivity index (χ0v) is 9.83. The molecule has 0 fully saturated rings. The van der Waals surface area contributed by atoms with E-state index in [2.05, 4.69) is 10.2 Å². The van der Waals surface area contributed by atoms with E-state index in [0.29, 0.717) is 12.2 Å². The fraction of sp³-hybridized carbons (Fsp3) is 0.250. The topological polar surface area (TPSA) is 88.0 Å². The second-order valence-corrected chi connectivity index (χ2v) is 3.99. The molecule has 0 aliphatic rings. The Morgan fingerprint density at radius 2 is 2.11 bits per heavy atom. The number of nitrogens with zero attached hydrogens (tertiary/aromatic N) is 2. The summed E-state index contributed by atoms with van der Waals surface area (Å²) in [6, 6.07) is 8.51. The number of hydrogen-bond donors (Lipinski definition) is 2. The molecule has 1 aromatic heterocycles. The minimum atomic E-state index is -1.06. The zero-order valence-electron chi connectivity index (χ0n) is 9.83. The number of carboxylic acids is 1. The van der Waals surface area contributed by atoms with Gasteiger partial charge in [0.2, 0.25) is 0 Å². The lowest BCUT2D eigenvalue weighted by molar-refractivity contribution is -0.140. The van der Waals surface area contributed by atoms with Crippen LogP contribution in [0.2, 0.25) is 0 Å². The third kappa shape index (κ3) is 2.32. The molecule has 1 heterocycles. The smallest absolute Gasteiger partial charge is 0.344 e. The molecule has 6 heteroatoms. The summed E-state index contributed by atoms with van der Waals surface area (Å²) in [5, 5.41) is 15.1. The van der Waals surface area contributed by atoms with Crippen LogP contribution in [0.15, 0.2) is 35.1 Å².